The fraction of sp³-hybridized carbons (Fsp3) is 0.0909. The molecule has 0 aliphatic rings. The second-order valence-corrected chi connectivity index (χ2v) is 7.60. The van der Waals surface area contributed by atoms with Gasteiger partial charge in [0.25, 0.3) is 0 Å². The van der Waals surface area contributed by atoms with Crippen molar-refractivity contribution in [2.24, 2.45) is 0 Å². The first kappa shape index (κ1) is 9.12. The van der Waals surface area contributed by atoms with Gasteiger partial charge >= 0.3 is 0 Å². The van der Waals surface area contributed by atoms with Gasteiger partial charge in [-0.1, -0.05) is 0 Å². The van der Waals surface area contributed by atoms with Gasteiger partial charge in [0.2, 0.25) is 0 Å². The number of thiophene rings is 2. The summed E-state index contributed by atoms with van der Waals surface area (Å²) in [5.74, 6) is 0. The van der Waals surface area contributed by atoms with E-state index >= 15 is 0 Å². The van der Waals surface area contributed by atoms with E-state index in [0.29, 0.717) is 0 Å². The van der Waals surface area contributed by atoms with Crippen LogP contribution in [0.25, 0.3) is 20.2 Å². The first-order chi connectivity index (χ1) is 6.72. The van der Waals surface area contributed by atoms with Crippen molar-refractivity contribution in [3.63, 3.8) is 0 Å². The average Bonchev–Trinajstić information content (AvgIpc) is 2.59. The lowest BCUT2D eigenvalue weighted by atomic mass is 10.2. The highest BCUT2D eigenvalue weighted by atomic mass is 127. The molecule has 1 aromatic carbocycles. The third kappa shape index (κ3) is 1.38. The van der Waals surface area contributed by atoms with Crippen LogP contribution in [0.3, 0.4) is 0 Å². The summed E-state index contributed by atoms with van der Waals surface area (Å²) in [5, 5.41) is 2.76. The summed E-state index contributed by atoms with van der Waals surface area (Å²) in [4.78, 5) is 1.40. The van der Waals surface area contributed by atoms with Crippen LogP contribution < -0.4 is 0 Å². The Morgan fingerprint density at radius 2 is 1.64 bits per heavy atom. The maximum atomic E-state index is 2.39. The lowest BCUT2D eigenvalue weighted by molar-refractivity contribution is 1.66. The van der Waals surface area contributed by atoms with Crippen LogP contribution in [0.15, 0.2) is 24.3 Å². The molecule has 2 heterocycles. The summed E-state index contributed by atoms with van der Waals surface area (Å²) in [7, 11) is 0. The topological polar surface area (TPSA) is 0 Å². The summed E-state index contributed by atoms with van der Waals surface area (Å²) < 4.78 is 4.18. The minimum absolute atomic E-state index is 1.37. The molecular formula is C11H7IS2. The van der Waals surface area contributed by atoms with E-state index < -0.39 is 0 Å². The maximum absolute atomic E-state index is 2.39. The molecule has 0 bridgehead atoms. The van der Waals surface area contributed by atoms with Crippen molar-refractivity contribution in [1.29, 1.82) is 0 Å². The van der Waals surface area contributed by atoms with E-state index in [0.717, 1.165) is 0 Å². The van der Waals surface area contributed by atoms with E-state index in [-0.39, 0.29) is 0 Å². The Labute approximate surface area is 104 Å². The fourth-order valence-corrected chi connectivity index (χ4v) is 4.55. The summed E-state index contributed by atoms with van der Waals surface area (Å²) in [6, 6.07) is 9.14. The van der Waals surface area contributed by atoms with E-state index in [4.69, 9.17) is 0 Å². The van der Waals surface area contributed by atoms with E-state index in [1.807, 2.05) is 22.7 Å². The van der Waals surface area contributed by atoms with E-state index in [1.165, 1.54) is 27.9 Å². The summed E-state index contributed by atoms with van der Waals surface area (Å²) in [5.41, 5.74) is 0. The Morgan fingerprint density at radius 3 is 2.50 bits per heavy atom. The Balaban J connectivity index is 2.49. The number of halogens is 1. The molecule has 0 saturated carbocycles. The van der Waals surface area contributed by atoms with Crippen LogP contribution >= 0.6 is 45.3 Å². The smallest absolute Gasteiger partial charge is 0.0666 e. The van der Waals surface area contributed by atoms with Crippen molar-refractivity contribution in [2.45, 2.75) is 6.92 Å². The highest BCUT2D eigenvalue weighted by Crippen LogP contribution is 2.34. The van der Waals surface area contributed by atoms with Crippen LogP contribution in [-0.2, 0) is 0 Å². The van der Waals surface area contributed by atoms with Crippen molar-refractivity contribution in [3.8, 4) is 0 Å². The molecule has 0 amide bonds. The molecule has 0 fully saturated rings. The molecule has 0 aliphatic heterocycles. The number of fused-ring (bicyclic) bond motifs is 2. The Bertz CT molecular complexity index is 516. The minimum atomic E-state index is 1.37. The molecule has 0 aliphatic carbocycles. The predicted octanol–water partition coefficient (Wildman–Crippen LogP) is 5.03. The van der Waals surface area contributed by atoms with Gasteiger partial charge in [0.15, 0.2) is 0 Å². The molecule has 0 N–H and O–H groups in total. The van der Waals surface area contributed by atoms with Gasteiger partial charge in [0.1, 0.15) is 0 Å². The standard InChI is InChI=1S/C11H7IS2/c1-6-2-7-3-8-4-11(12)14-10(8)5-9(7)13-6/h2-5H,1H3. The average molecular weight is 330 g/mol. The number of hydrogen-bond acceptors (Lipinski definition) is 2. The Morgan fingerprint density at radius 1 is 0.929 bits per heavy atom. The highest BCUT2D eigenvalue weighted by molar-refractivity contribution is 14.1. The Kier molecular flexibility index (Phi) is 2.07. The highest BCUT2D eigenvalue weighted by Gasteiger charge is 2.03. The lowest BCUT2D eigenvalue weighted by Crippen LogP contribution is -1.62. The van der Waals surface area contributed by atoms with Crippen molar-refractivity contribution in [3.05, 3.63) is 32.0 Å². The van der Waals surface area contributed by atoms with Crippen LogP contribution in [-0.4, -0.2) is 0 Å². The Hall–Kier alpha value is -0.130. The summed E-state index contributed by atoms with van der Waals surface area (Å²) in [6.07, 6.45) is 0. The van der Waals surface area contributed by atoms with Crippen LogP contribution in [0.4, 0.5) is 0 Å². The minimum Gasteiger partial charge on any atom is -0.141 e. The monoisotopic (exact) mass is 330 g/mol. The molecule has 0 spiro atoms. The van der Waals surface area contributed by atoms with Gasteiger partial charge in [-0.3, -0.25) is 0 Å². The quantitative estimate of drug-likeness (QED) is 0.507. The SMILES string of the molecule is Cc1cc2cc3cc(I)sc3cc2s1. The van der Waals surface area contributed by atoms with E-state index in [9.17, 15) is 0 Å². The number of benzene rings is 1. The molecule has 2 aromatic heterocycles. The molecule has 0 nitrogen and oxygen atoms in total. The third-order valence-corrected chi connectivity index (χ3v) is 5.12. The zero-order valence-electron chi connectivity index (χ0n) is 7.50. The van der Waals surface area contributed by atoms with E-state index in [1.54, 1.807) is 0 Å². The summed E-state index contributed by atoms with van der Waals surface area (Å²) >= 11 is 6.14. The molecule has 0 saturated heterocycles. The van der Waals surface area contributed by atoms with Crippen LogP contribution in [0, 0.1) is 9.81 Å². The lowest BCUT2D eigenvalue weighted by Gasteiger charge is -1.89. The second kappa shape index (κ2) is 3.18. The zero-order valence-corrected chi connectivity index (χ0v) is 11.3. The van der Waals surface area contributed by atoms with Gasteiger partial charge in [-0.05, 0) is 64.6 Å². The predicted molar refractivity (Wildman–Crippen MR) is 74.7 cm³/mol. The van der Waals surface area contributed by atoms with Crippen molar-refractivity contribution < 1.29 is 0 Å². The second-order valence-electron chi connectivity index (χ2n) is 3.34. The maximum Gasteiger partial charge on any atom is 0.0666 e. The van der Waals surface area contributed by atoms with Gasteiger partial charge in [-0.2, -0.15) is 0 Å². The molecule has 0 unspecified atom stereocenters. The molecule has 0 atom stereocenters. The number of rotatable bonds is 0. The normalized spacial score (nSPS) is 11.6. The van der Waals surface area contributed by atoms with Crippen molar-refractivity contribution >= 4 is 65.4 Å². The largest absolute Gasteiger partial charge is 0.141 e. The molecule has 3 heteroatoms. The van der Waals surface area contributed by atoms with Crippen LogP contribution in [0.2, 0.25) is 0 Å². The number of hydrogen-bond donors (Lipinski definition) is 0. The molecule has 70 valence electrons. The zero-order chi connectivity index (χ0) is 9.71. The van der Waals surface area contributed by atoms with Gasteiger partial charge in [-0.25, -0.2) is 0 Å². The summed E-state index contributed by atoms with van der Waals surface area (Å²) in [6.45, 7) is 2.17. The number of aryl methyl sites for hydroxylation is 1. The van der Waals surface area contributed by atoms with E-state index in [2.05, 4.69) is 53.8 Å². The van der Waals surface area contributed by atoms with Gasteiger partial charge in [0.05, 0.1) is 2.88 Å². The third-order valence-electron chi connectivity index (χ3n) is 2.25. The van der Waals surface area contributed by atoms with Gasteiger partial charge in [0, 0.05) is 14.3 Å². The first-order valence-electron chi connectivity index (χ1n) is 4.31. The van der Waals surface area contributed by atoms with Crippen molar-refractivity contribution in [1.82, 2.24) is 0 Å². The van der Waals surface area contributed by atoms with Crippen LogP contribution in [0.5, 0.6) is 0 Å². The fourth-order valence-electron chi connectivity index (χ4n) is 1.68. The van der Waals surface area contributed by atoms with Gasteiger partial charge in [-0.15, -0.1) is 22.7 Å². The van der Waals surface area contributed by atoms with Crippen molar-refractivity contribution in [2.75, 3.05) is 0 Å². The molecule has 0 radical (unpaired) electrons. The van der Waals surface area contributed by atoms with Gasteiger partial charge < -0.3 is 0 Å². The molecular weight excluding hydrogens is 323 g/mol. The van der Waals surface area contributed by atoms with Crippen LogP contribution in [0.1, 0.15) is 4.88 Å². The molecule has 3 aromatic rings. The molecule has 14 heavy (non-hydrogen) atoms. The molecule has 3 rings (SSSR count). The first-order valence-corrected chi connectivity index (χ1v) is 7.03.